The van der Waals surface area contributed by atoms with Gasteiger partial charge in [-0.25, -0.2) is 4.98 Å². The van der Waals surface area contributed by atoms with Crippen molar-refractivity contribution >= 4 is 38.7 Å². The molecule has 0 saturated heterocycles. The number of terminal acetylenes is 1. The fourth-order valence-corrected chi connectivity index (χ4v) is 4.72. The Hall–Kier alpha value is -3.83. The number of fused-ring (bicyclic) bond motifs is 3. The van der Waals surface area contributed by atoms with Crippen LogP contribution in [0.15, 0.2) is 58.9 Å². The molecule has 1 aliphatic rings. The zero-order valence-corrected chi connectivity index (χ0v) is 17.9. The predicted octanol–water partition coefficient (Wildman–Crippen LogP) is 4.72. The van der Waals surface area contributed by atoms with Gasteiger partial charge in [-0.15, -0.1) is 12.3 Å². The summed E-state index contributed by atoms with van der Waals surface area (Å²) in [5.74, 6) is 2.47. The molecule has 158 valence electrons. The Morgan fingerprint density at radius 3 is 2.72 bits per heavy atom. The third kappa shape index (κ3) is 3.79. The molecule has 0 atom stereocenters. The van der Waals surface area contributed by atoms with Crippen LogP contribution in [0.2, 0.25) is 0 Å². The number of hydrogen-bond acceptors (Lipinski definition) is 6. The van der Waals surface area contributed by atoms with Gasteiger partial charge in [0.1, 0.15) is 6.29 Å². The number of carbonyl (C=O) groups is 2. The van der Waals surface area contributed by atoms with E-state index in [1.165, 1.54) is 11.3 Å². The van der Waals surface area contributed by atoms with Gasteiger partial charge in [-0.1, -0.05) is 23.5 Å². The minimum Gasteiger partial charge on any atom is -0.352 e. The van der Waals surface area contributed by atoms with Gasteiger partial charge in [0, 0.05) is 48.7 Å². The van der Waals surface area contributed by atoms with Crippen molar-refractivity contribution in [3.63, 3.8) is 0 Å². The molecule has 5 rings (SSSR count). The van der Waals surface area contributed by atoms with Gasteiger partial charge in [-0.05, 0) is 30.3 Å². The molecule has 4 aromatic rings. The maximum atomic E-state index is 12.5. The lowest BCUT2D eigenvalue weighted by atomic mass is 10.0. The van der Waals surface area contributed by atoms with Crippen LogP contribution in [0.25, 0.3) is 26.4 Å². The predicted molar refractivity (Wildman–Crippen MR) is 124 cm³/mol. The lowest BCUT2D eigenvalue weighted by Crippen LogP contribution is -2.28. The fraction of sp³-hybridized carbons (Fsp3) is 0.208. The Morgan fingerprint density at radius 1 is 1.19 bits per heavy atom. The summed E-state index contributed by atoms with van der Waals surface area (Å²) >= 11 is 1.54. The Bertz CT molecular complexity index is 1400. The van der Waals surface area contributed by atoms with Crippen molar-refractivity contribution in [1.29, 1.82) is 0 Å². The molecule has 7 nitrogen and oxygen atoms in total. The molecule has 1 amide bonds. The summed E-state index contributed by atoms with van der Waals surface area (Å²) in [6, 6.07) is 13.0. The molecular formula is C24H19N5O2S. The molecule has 0 aliphatic carbocycles. The van der Waals surface area contributed by atoms with E-state index in [9.17, 15) is 9.59 Å². The number of imidazole rings is 1. The second kappa shape index (κ2) is 8.02. The largest absolute Gasteiger partial charge is 0.352 e. The van der Waals surface area contributed by atoms with Crippen LogP contribution < -0.4 is 5.32 Å². The normalized spacial score (nSPS) is 13.8. The third-order valence-electron chi connectivity index (χ3n) is 5.56. The van der Waals surface area contributed by atoms with E-state index in [4.69, 9.17) is 11.4 Å². The molecule has 2 aromatic carbocycles. The minimum absolute atomic E-state index is 0.132. The van der Waals surface area contributed by atoms with Crippen LogP contribution in [-0.4, -0.2) is 33.8 Å². The third-order valence-corrected chi connectivity index (χ3v) is 6.58. The quantitative estimate of drug-likeness (QED) is 0.317. The molecule has 0 spiro atoms. The second-order valence-corrected chi connectivity index (χ2v) is 8.70. The highest BCUT2D eigenvalue weighted by molar-refractivity contribution is 7.23. The number of hydrogen-bond donors (Lipinski definition) is 1. The van der Waals surface area contributed by atoms with E-state index in [0.29, 0.717) is 30.5 Å². The summed E-state index contributed by atoms with van der Waals surface area (Å²) < 4.78 is 3.04. The zero-order chi connectivity index (χ0) is 22.1. The maximum Gasteiger partial charge on any atom is 0.251 e. The molecule has 0 fully saturated rings. The maximum absolute atomic E-state index is 12.5. The monoisotopic (exact) mass is 441 g/mol. The molecular weight excluding hydrogens is 422 g/mol. The van der Waals surface area contributed by atoms with Crippen LogP contribution >= 0.6 is 11.3 Å². The first-order valence-corrected chi connectivity index (χ1v) is 11.1. The van der Waals surface area contributed by atoms with Crippen LogP contribution in [0.3, 0.4) is 0 Å². The van der Waals surface area contributed by atoms with Crippen molar-refractivity contribution in [1.82, 2.24) is 14.7 Å². The number of carbonyl (C=O) groups excluding carboxylic acids is 2. The molecule has 0 radical (unpaired) electrons. The van der Waals surface area contributed by atoms with Gasteiger partial charge in [0.2, 0.25) is 0 Å². The molecule has 8 heteroatoms. The van der Waals surface area contributed by atoms with Crippen molar-refractivity contribution in [2.24, 2.45) is 10.2 Å². The first-order valence-electron chi connectivity index (χ1n) is 10.2. The molecule has 0 saturated carbocycles. The van der Waals surface area contributed by atoms with E-state index < -0.39 is 5.66 Å². The number of rotatable bonds is 8. The molecule has 32 heavy (non-hydrogen) atoms. The van der Waals surface area contributed by atoms with E-state index in [-0.39, 0.29) is 5.91 Å². The molecule has 0 unspecified atom stereocenters. The van der Waals surface area contributed by atoms with Gasteiger partial charge in [0.25, 0.3) is 5.91 Å². The number of nitrogens with one attached hydrogen (secondary N) is 1. The summed E-state index contributed by atoms with van der Waals surface area (Å²) in [4.78, 5) is 29.0. The second-order valence-electron chi connectivity index (χ2n) is 7.70. The van der Waals surface area contributed by atoms with Crippen molar-refractivity contribution in [3.05, 3.63) is 59.8 Å². The van der Waals surface area contributed by atoms with Gasteiger partial charge < -0.3 is 5.32 Å². The van der Waals surface area contributed by atoms with Crippen molar-refractivity contribution < 1.29 is 9.59 Å². The minimum atomic E-state index is -0.392. The summed E-state index contributed by atoms with van der Waals surface area (Å²) in [5.41, 5.74) is 3.62. The fourth-order valence-electron chi connectivity index (χ4n) is 3.67. The summed E-state index contributed by atoms with van der Waals surface area (Å²) in [5, 5.41) is 11.1. The average molecular weight is 442 g/mol. The van der Waals surface area contributed by atoms with Gasteiger partial charge in [-0.3, -0.25) is 14.0 Å². The van der Waals surface area contributed by atoms with Crippen molar-refractivity contribution in [3.8, 4) is 23.6 Å². The van der Waals surface area contributed by atoms with Crippen LogP contribution in [0.5, 0.6) is 0 Å². The van der Waals surface area contributed by atoms with Gasteiger partial charge in [0.15, 0.2) is 10.6 Å². The van der Waals surface area contributed by atoms with Crippen LogP contribution in [0.4, 0.5) is 0 Å². The highest BCUT2D eigenvalue weighted by atomic mass is 32.1. The number of aromatic nitrogens is 2. The highest BCUT2D eigenvalue weighted by Crippen LogP contribution is 2.36. The standard InChI is InChI=1S/C24H19N5O2S/c1-2-3-10-24(27-28-24)11-12-25-22(31)18-7-5-17(6-8-18)19-14-29-20-9-4-16(15-30)13-21(20)32-23(29)26-19/h1,4-9,13-15H,3,10-12H2,(H,25,31). The Morgan fingerprint density at radius 2 is 2.00 bits per heavy atom. The first kappa shape index (κ1) is 20.1. The lowest BCUT2D eigenvalue weighted by molar-refractivity contribution is 0.0951. The number of amides is 1. The van der Waals surface area contributed by atoms with Crippen LogP contribution in [0.1, 0.15) is 40.0 Å². The summed E-state index contributed by atoms with van der Waals surface area (Å²) in [6.07, 6.45) is 10.1. The SMILES string of the molecule is C#CCCC1(CCNC(=O)c2ccc(-c3cn4c(n3)sc3cc(C=O)ccc34)cc2)N=N1. The van der Waals surface area contributed by atoms with E-state index in [1.807, 2.05) is 34.9 Å². The Kier molecular flexibility index (Phi) is 5.04. The van der Waals surface area contributed by atoms with Crippen LogP contribution in [0, 0.1) is 12.3 Å². The lowest BCUT2D eigenvalue weighted by Gasteiger charge is -2.10. The van der Waals surface area contributed by atoms with Crippen molar-refractivity contribution in [2.75, 3.05) is 6.54 Å². The number of benzene rings is 2. The van der Waals surface area contributed by atoms with E-state index in [2.05, 4.69) is 21.5 Å². The molecule has 0 bridgehead atoms. The van der Waals surface area contributed by atoms with E-state index >= 15 is 0 Å². The summed E-state index contributed by atoms with van der Waals surface area (Å²) in [7, 11) is 0. The van der Waals surface area contributed by atoms with E-state index in [0.717, 1.165) is 39.1 Å². The summed E-state index contributed by atoms with van der Waals surface area (Å²) in [6.45, 7) is 0.494. The Balaban J connectivity index is 1.26. The average Bonchev–Trinajstić information content (AvgIpc) is 3.33. The van der Waals surface area contributed by atoms with E-state index in [1.54, 1.807) is 18.2 Å². The van der Waals surface area contributed by atoms with Gasteiger partial charge in [0.05, 0.1) is 15.9 Å². The number of aldehydes is 1. The highest BCUT2D eigenvalue weighted by Gasteiger charge is 2.38. The number of thiazole rings is 1. The smallest absolute Gasteiger partial charge is 0.251 e. The molecule has 3 heterocycles. The molecule has 1 N–H and O–H groups in total. The Labute approximate surface area is 188 Å². The number of nitrogens with zero attached hydrogens (tertiary/aromatic N) is 4. The molecule has 2 aromatic heterocycles. The van der Waals surface area contributed by atoms with Gasteiger partial charge in [-0.2, -0.15) is 10.2 Å². The molecule has 1 aliphatic heterocycles. The topological polar surface area (TPSA) is 88.2 Å². The van der Waals surface area contributed by atoms with Crippen LogP contribution in [-0.2, 0) is 0 Å². The van der Waals surface area contributed by atoms with Crippen molar-refractivity contribution in [2.45, 2.75) is 24.9 Å². The zero-order valence-electron chi connectivity index (χ0n) is 17.1. The van der Waals surface area contributed by atoms with Gasteiger partial charge >= 0.3 is 0 Å². The first-order chi connectivity index (χ1) is 15.6.